The highest BCUT2D eigenvalue weighted by molar-refractivity contribution is 5.60. The molecule has 1 heterocycles. The second-order valence-electron chi connectivity index (χ2n) is 4.83. The van der Waals surface area contributed by atoms with Gasteiger partial charge in [-0.05, 0) is 36.4 Å². The second-order valence-corrected chi connectivity index (χ2v) is 4.83. The Hall–Kier alpha value is -3.29. The van der Waals surface area contributed by atoms with Crippen molar-refractivity contribution >= 4 is 11.6 Å². The van der Waals surface area contributed by atoms with Crippen LogP contribution >= 0.6 is 0 Å². The number of anilines is 2. The highest BCUT2D eigenvalue weighted by Crippen LogP contribution is 2.19. The molecule has 24 heavy (non-hydrogen) atoms. The number of aromatic amines is 1. The number of rotatable bonds is 4. The molecule has 8 heteroatoms. The number of hydrogen-bond acceptors (Lipinski definition) is 5. The molecule has 0 aliphatic heterocycles. The molecular weight excluding hydrogens is 318 g/mol. The molecule has 0 aliphatic rings. The number of benzene rings is 2. The Balaban J connectivity index is 1.86. The van der Waals surface area contributed by atoms with Gasteiger partial charge in [0.25, 0.3) is 5.56 Å². The highest BCUT2D eigenvalue weighted by atomic mass is 19.2. The number of methoxy groups -OCH3 is 1. The monoisotopic (exact) mass is 330 g/mol. The van der Waals surface area contributed by atoms with Gasteiger partial charge in [-0.15, -0.1) is 10.2 Å². The van der Waals surface area contributed by atoms with Gasteiger partial charge in [-0.25, -0.2) is 8.78 Å². The van der Waals surface area contributed by atoms with E-state index in [9.17, 15) is 13.6 Å². The van der Waals surface area contributed by atoms with Crippen LogP contribution in [0.25, 0.3) is 11.3 Å². The van der Waals surface area contributed by atoms with E-state index in [0.29, 0.717) is 11.3 Å². The molecule has 0 aliphatic carbocycles. The number of hydrogen-bond donors (Lipinski definition) is 2. The molecule has 3 aromatic rings. The van der Waals surface area contributed by atoms with Gasteiger partial charge in [0.1, 0.15) is 5.75 Å². The fraction of sp³-hybridized carbons (Fsp3) is 0.0625. The molecule has 0 unspecified atom stereocenters. The average Bonchev–Trinajstić information content (AvgIpc) is 2.59. The van der Waals surface area contributed by atoms with Crippen molar-refractivity contribution in [3.8, 4) is 17.0 Å². The molecule has 0 atom stereocenters. The second kappa shape index (κ2) is 6.45. The zero-order valence-electron chi connectivity index (χ0n) is 12.5. The summed E-state index contributed by atoms with van der Waals surface area (Å²) in [5.74, 6) is -1.30. The van der Waals surface area contributed by atoms with E-state index in [2.05, 4.69) is 20.5 Å². The van der Waals surface area contributed by atoms with Crippen LogP contribution in [0.2, 0.25) is 0 Å². The van der Waals surface area contributed by atoms with Crippen LogP contribution in [0.4, 0.5) is 20.4 Å². The maximum absolute atomic E-state index is 13.2. The van der Waals surface area contributed by atoms with Gasteiger partial charge in [0, 0.05) is 17.3 Å². The molecule has 0 bridgehead atoms. The van der Waals surface area contributed by atoms with Crippen LogP contribution in [0.3, 0.4) is 0 Å². The third-order valence-corrected chi connectivity index (χ3v) is 3.24. The Morgan fingerprint density at radius 3 is 2.42 bits per heavy atom. The van der Waals surface area contributed by atoms with Gasteiger partial charge >= 0.3 is 0 Å². The molecule has 0 radical (unpaired) electrons. The smallest absolute Gasteiger partial charge is 0.279 e. The molecule has 0 fully saturated rings. The highest BCUT2D eigenvalue weighted by Gasteiger charge is 2.09. The van der Waals surface area contributed by atoms with Crippen molar-refractivity contribution in [1.29, 1.82) is 0 Å². The Labute approximate surface area is 135 Å². The van der Waals surface area contributed by atoms with Crippen molar-refractivity contribution in [2.24, 2.45) is 0 Å². The van der Waals surface area contributed by atoms with Crippen LogP contribution in [0.5, 0.6) is 5.75 Å². The minimum Gasteiger partial charge on any atom is -0.497 e. The molecule has 6 nitrogen and oxygen atoms in total. The summed E-state index contributed by atoms with van der Waals surface area (Å²) < 4.78 is 31.1. The van der Waals surface area contributed by atoms with E-state index in [4.69, 9.17) is 4.74 Å². The predicted molar refractivity (Wildman–Crippen MR) is 84.3 cm³/mol. The molecule has 2 aromatic carbocycles. The zero-order chi connectivity index (χ0) is 17.1. The molecule has 0 spiro atoms. The Morgan fingerprint density at radius 2 is 1.79 bits per heavy atom. The van der Waals surface area contributed by atoms with E-state index in [0.717, 1.165) is 12.1 Å². The van der Waals surface area contributed by atoms with Crippen molar-refractivity contribution in [1.82, 2.24) is 15.2 Å². The molecule has 3 rings (SSSR count). The minimum atomic E-state index is -1.01. The van der Waals surface area contributed by atoms with Gasteiger partial charge in [-0.2, -0.15) is 0 Å². The molecular formula is C16H12F2N4O2. The minimum absolute atomic E-state index is 0.0169. The SMILES string of the molecule is COc1ccc(-c2nnc(Nc3ccc(F)c(F)c3)[nH]c2=O)cc1. The summed E-state index contributed by atoms with van der Waals surface area (Å²) in [6.45, 7) is 0. The van der Waals surface area contributed by atoms with Crippen molar-refractivity contribution < 1.29 is 13.5 Å². The van der Waals surface area contributed by atoms with E-state index in [1.807, 2.05) is 0 Å². The number of nitrogens with zero attached hydrogens (tertiary/aromatic N) is 2. The van der Waals surface area contributed by atoms with E-state index >= 15 is 0 Å². The van der Waals surface area contributed by atoms with E-state index in [1.54, 1.807) is 31.4 Å². The van der Waals surface area contributed by atoms with Gasteiger partial charge in [-0.3, -0.25) is 9.78 Å². The molecule has 2 N–H and O–H groups in total. The maximum Gasteiger partial charge on any atom is 0.279 e. The van der Waals surface area contributed by atoms with Crippen LogP contribution in [-0.4, -0.2) is 22.3 Å². The molecule has 122 valence electrons. The Kier molecular flexibility index (Phi) is 4.19. The zero-order valence-corrected chi connectivity index (χ0v) is 12.5. The van der Waals surface area contributed by atoms with Crippen LogP contribution < -0.4 is 15.6 Å². The fourth-order valence-corrected chi connectivity index (χ4v) is 2.04. The van der Waals surface area contributed by atoms with Gasteiger partial charge < -0.3 is 10.1 Å². The van der Waals surface area contributed by atoms with Gasteiger partial charge in [0.2, 0.25) is 5.95 Å². The molecule has 0 saturated heterocycles. The third-order valence-electron chi connectivity index (χ3n) is 3.24. The Morgan fingerprint density at radius 1 is 1.04 bits per heavy atom. The maximum atomic E-state index is 13.2. The van der Waals surface area contributed by atoms with Crippen molar-refractivity contribution in [2.45, 2.75) is 0 Å². The number of ether oxygens (including phenoxy) is 1. The summed E-state index contributed by atoms with van der Waals surface area (Å²) in [4.78, 5) is 14.6. The van der Waals surface area contributed by atoms with E-state index < -0.39 is 17.2 Å². The van der Waals surface area contributed by atoms with Crippen LogP contribution in [0, 0.1) is 11.6 Å². The first-order valence-corrected chi connectivity index (χ1v) is 6.90. The summed E-state index contributed by atoms with van der Waals surface area (Å²) in [5, 5.41) is 10.4. The lowest BCUT2D eigenvalue weighted by molar-refractivity contribution is 0.415. The number of halogens is 2. The third kappa shape index (κ3) is 3.22. The number of aromatic nitrogens is 3. The lowest BCUT2D eigenvalue weighted by atomic mass is 10.1. The Bertz CT molecular complexity index is 926. The first-order chi connectivity index (χ1) is 11.6. The van der Waals surface area contributed by atoms with Crippen molar-refractivity contribution in [3.63, 3.8) is 0 Å². The molecule has 0 saturated carbocycles. The van der Waals surface area contributed by atoms with Crippen molar-refractivity contribution in [3.05, 3.63) is 64.5 Å². The predicted octanol–water partition coefficient (Wildman–Crippen LogP) is 2.86. The van der Waals surface area contributed by atoms with Gasteiger partial charge in [0.05, 0.1) is 7.11 Å². The topological polar surface area (TPSA) is 79.9 Å². The molecule has 1 aromatic heterocycles. The van der Waals surface area contributed by atoms with Crippen LogP contribution in [0.15, 0.2) is 47.3 Å². The standard InChI is InChI=1S/C16H12F2N4O2/c1-24-11-5-2-9(3-6-11)14-15(23)20-16(22-21-14)19-10-4-7-12(17)13(18)8-10/h2-8H,1H3,(H2,19,20,22,23). The summed E-state index contributed by atoms with van der Waals surface area (Å²) in [7, 11) is 1.54. The summed E-state index contributed by atoms with van der Waals surface area (Å²) in [6.07, 6.45) is 0. The number of nitrogens with one attached hydrogen (secondary N) is 2. The van der Waals surface area contributed by atoms with Gasteiger partial charge in [-0.1, -0.05) is 0 Å². The lowest BCUT2D eigenvalue weighted by Crippen LogP contribution is -2.15. The first-order valence-electron chi connectivity index (χ1n) is 6.90. The first kappa shape index (κ1) is 15.6. The lowest BCUT2D eigenvalue weighted by Gasteiger charge is -2.06. The largest absolute Gasteiger partial charge is 0.497 e. The van der Waals surface area contributed by atoms with Gasteiger partial charge in [0.15, 0.2) is 17.3 Å². The fourth-order valence-electron chi connectivity index (χ4n) is 2.04. The number of H-pyrrole nitrogens is 1. The summed E-state index contributed by atoms with van der Waals surface area (Å²) in [5.41, 5.74) is 0.466. The van der Waals surface area contributed by atoms with E-state index in [1.165, 1.54) is 6.07 Å². The summed E-state index contributed by atoms with van der Waals surface area (Å²) >= 11 is 0. The quantitative estimate of drug-likeness (QED) is 0.769. The van der Waals surface area contributed by atoms with Crippen LogP contribution in [-0.2, 0) is 0 Å². The normalized spacial score (nSPS) is 10.5. The van der Waals surface area contributed by atoms with Crippen molar-refractivity contribution in [2.75, 3.05) is 12.4 Å². The van der Waals surface area contributed by atoms with Crippen LogP contribution in [0.1, 0.15) is 0 Å². The molecule has 0 amide bonds. The average molecular weight is 330 g/mol. The summed E-state index contributed by atoms with van der Waals surface area (Å²) in [6, 6.07) is 9.99. The van der Waals surface area contributed by atoms with E-state index in [-0.39, 0.29) is 17.3 Å².